The number of amides is 2. The van der Waals surface area contributed by atoms with Crippen molar-refractivity contribution < 1.29 is 4.79 Å². The fraction of sp³-hybridized carbons (Fsp3) is 0.364. The molecule has 1 aliphatic heterocycles. The van der Waals surface area contributed by atoms with Gasteiger partial charge >= 0.3 is 6.03 Å². The SMILES string of the molecule is Cc1cc(NC(=O)NC(C)C)nc2nc(N(c3ccccc3)N3CCNCC3)ncc12. The average Bonchev–Trinajstić information content (AvgIpc) is 2.75. The summed E-state index contributed by atoms with van der Waals surface area (Å²) in [5.74, 6) is 1.01. The largest absolute Gasteiger partial charge is 0.336 e. The number of rotatable bonds is 5. The standard InChI is InChI=1S/C22H28N8O/c1-15(2)25-22(31)27-19-13-16(3)18-14-24-21(28-20(18)26-19)30(17-7-5-4-6-8-17)29-11-9-23-10-12-29/h4-8,13-15,23H,9-12H2,1-3H3,(H2,24,25,26,27,28,31). The lowest BCUT2D eigenvalue weighted by molar-refractivity contribution is 0.240. The summed E-state index contributed by atoms with van der Waals surface area (Å²) in [6.07, 6.45) is 1.80. The van der Waals surface area contributed by atoms with Gasteiger partial charge in [0.2, 0.25) is 5.95 Å². The second kappa shape index (κ2) is 9.23. The summed E-state index contributed by atoms with van der Waals surface area (Å²) in [4.78, 5) is 26.2. The van der Waals surface area contributed by atoms with Gasteiger partial charge in [-0.25, -0.2) is 24.8 Å². The average molecular weight is 421 g/mol. The number of carbonyl (C=O) groups is 1. The van der Waals surface area contributed by atoms with Crippen LogP contribution in [0.5, 0.6) is 0 Å². The molecule has 1 aromatic carbocycles. The number of hydrogen-bond donors (Lipinski definition) is 3. The number of pyridine rings is 1. The maximum Gasteiger partial charge on any atom is 0.320 e. The monoisotopic (exact) mass is 420 g/mol. The number of aromatic nitrogens is 3. The van der Waals surface area contributed by atoms with E-state index in [9.17, 15) is 4.79 Å². The predicted octanol–water partition coefficient (Wildman–Crippen LogP) is 2.82. The van der Waals surface area contributed by atoms with Crippen molar-refractivity contribution in [2.75, 3.05) is 36.5 Å². The Hall–Kier alpha value is -3.30. The van der Waals surface area contributed by atoms with E-state index in [2.05, 4.69) is 30.9 Å². The highest BCUT2D eigenvalue weighted by atomic mass is 16.2. The van der Waals surface area contributed by atoms with Crippen molar-refractivity contribution >= 4 is 34.5 Å². The molecular weight excluding hydrogens is 392 g/mol. The van der Waals surface area contributed by atoms with Crippen LogP contribution in [0.1, 0.15) is 19.4 Å². The zero-order valence-electron chi connectivity index (χ0n) is 18.1. The van der Waals surface area contributed by atoms with Gasteiger partial charge in [0.1, 0.15) is 5.82 Å². The Morgan fingerprint density at radius 2 is 1.90 bits per heavy atom. The normalized spacial score (nSPS) is 14.6. The molecule has 3 aromatic rings. The Morgan fingerprint density at radius 3 is 2.61 bits per heavy atom. The number of anilines is 3. The van der Waals surface area contributed by atoms with E-state index in [-0.39, 0.29) is 12.1 Å². The second-order valence-electron chi connectivity index (χ2n) is 7.84. The molecule has 2 amide bonds. The van der Waals surface area contributed by atoms with Crippen LogP contribution in [0.2, 0.25) is 0 Å². The Bertz CT molecular complexity index is 1050. The first-order valence-electron chi connectivity index (χ1n) is 10.5. The second-order valence-corrected chi connectivity index (χ2v) is 7.84. The van der Waals surface area contributed by atoms with E-state index < -0.39 is 0 Å². The molecule has 0 spiro atoms. The molecule has 0 aliphatic carbocycles. The number of para-hydroxylation sites is 1. The first kappa shape index (κ1) is 21.0. The summed E-state index contributed by atoms with van der Waals surface area (Å²) in [6, 6.07) is 11.7. The Kier molecular flexibility index (Phi) is 6.24. The first-order chi connectivity index (χ1) is 15.0. The van der Waals surface area contributed by atoms with Crippen LogP contribution in [0.25, 0.3) is 11.0 Å². The van der Waals surface area contributed by atoms with Gasteiger partial charge in [-0.05, 0) is 44.5 Å². The van der Waals surface area contributed by atoms with Crippen molar-refractivity contribution in [1.82, 2.24) is 30.6 Å². The third kappa shape index (κ3) is 4.89. The van der Waals surface area contributed by atoms with Gasteiger partial charge in [0.15, 0.2) is 5.65 Å². The number of aryl methyl sites for hydroxylation is 1. The van der Waals surface area contributed by atoms with Crippen LogP contribution in [0, 0.1) is 6.92 Å². The van der Waals surface area contributed by atoms with E-state index in [0.717, 1.165) is 42.8 Å². The van der Waals surface area contributed by atoms with Crippen molar-refractivity contribution in [1.29, 1.82) is 0 Å². The zero-order chi connectivity index (χ0) is 21.8. The first-order valence-corrected chi connectivity index (χ1v) is 10.5. The van der Waals surface area contributed by atoms with E-state index in [1.54, 1.807) is 6.20 Å². The molecule has 3 heterocycles. The van der Waals surface area contributed by atoms with Crippen LogP contribution >= 0.6 is 0 Å². The number of fused-ring (bicyclic) bond motifs is 1. The van der Waals surface area contributed by atoms with Crippen molar-refractivity contribution in [3.63, 3.8) is 0 Å². The maximum absolute atomic E-state index is 12.1. The lowest BCUT2D eigenvalue weighted by atomic mass is 10.2. The third-order valence-corrected chi connectivity index (χ3v) is 4.99. The van der Waals surface area contributed by atoms with Gasteiger partial charge in [0, 0.05) is 43.8 Å². The lowest BCUT2D eigenvalue weighted by Gasteiger charge is -2.37. The molecule has 3 N–H and O–H groups in total. The smallest absolute Gasteiger partial charge is 0.320 e. The van der Waals surface area contributed by atoms with Gasteiger partial charge in [-0.3, -0.25) is 5.32 Å². The van der Waals surface area contributed by atoms with E-state index >= 15 is 0 Å². The van der Waals surface area contributed by atoms with Crippen LogP contribution in [0.3, 0.4) is 0 Å². The van der Waals surface area contributed by atoms with E-state index in [0.29, 0.717) is 17.4 Å². The number of benzene rings is 1. The minimum absolute atomic E-state index is 0.0361. The minimum atomic E-state index is -0.290. The number of hydrazine groups is 1. The summed E-state index contributed by atoms with van der Waals surface area (Å²) < 4.78 is 0. The molecule has 4 rings (SSSR count). The summed E-state index contributed by atoms with van der Waals surface area (Å²) in [5.41, 5.74) is 2.48. The molecule has 0 saturated carbocycles. The molecule has 1 saturated heterocycles. The number of piperazine rings is 1. The number of nitrogens with one attached hydrogen (secondary N) is 3. The fourth-order valence-corrected chi connectivity index (χ4v) is 3.56. The Morgan fingerprint density at radius 1 is 1.16 bits per heavy atom. The summed E-state index contributed by atoms with van der Waals surface area (Å²) >= 11 is 0. The number of carbonyl (C=O) groups excluding carboxylic acids is 1. The predicted molar refractivity (Wildman–Crippen MR) is 122 cm³/mol. The fourth-order valence-electron chi connectivity index (χ4n) is 3.56. The van der Waals surface area contributed by atoms with E-state index in [4.69, 9.17) is 4.98 Å². The zero-order valence-corrected chi connectivity index (χ0v) is 18.1. The topological polar surface area (TPSA) is 98.3 Å². The van der Waals surface area contributed by atoms with Gasteiger partial charge in [0.05, 0.1) is 5.69 Å². The number of hydrogen-bond acceptors (Lipinski definition) is 7. The highest BCUT2D eigenvalue weighted by Crippen LogP contribution is 2.27. The van der Waals surface area contributed by atoms with Crippen LogP contribution in [-0.4, -0.2) is 58.2 Å². The minimum Gasteiger partial charge on any atom is -0.336 e. The van der Waals surface area contributed by atoms with Crippen molar-refractivity contribution in [2.24, 2.45) is 0 Å². The molecule has 0 unspecified atom stereocenters. The summed E-state index contributed by atoms with van der Waals surface area (Å²) in [7, 11) is 0. The van der Waals surface area contributed by atoms with Crippen LogP contribution in [0.15, 0.2) is 42.6 Å². The number of nitrogens with zero attached hydrogens (tertiary/aromatic N) is 5. The van der Waals surface area contributed by atoms with Gasteiger partial charge in [-0.1, -0.05) is 18.2 Å². The van der Waals surface area contributed by atoms with E-state index in [1.807, 2.05) is 62.2 Å². The molecule has 0 radical (unpaired) electrons. The Labute approximate surface area is 181 Å². The van der Waals surface area contributed by atoms with Crippen LogP contribution in [0.4, 0.5) is 22.2 Å². The quantitative estimate of drug-likeness (QED) is 0.584. The third-order valence-electron chi connectivity index (χ3n) is 4.99. The van der Waals surface area contributed by atoms with Gasteiger partial charge < -0.3 is 10.6 Å². The number of urea groups is 1. The van der Waals surface area contributed by atoms with Gasteiger partial charge in [-0.2, -0.15) is 4.98 Å². The summed E-state index contributed by atoms with van der Waals surface area (Å²) in [6.45, 7) is 9.27. The van der Waals surface area contributed by atoms with Crippen LogP contribution in [-0.2, 0) is 0 Å². The highest BCUT2D eigenvalue weighted by Gasteiger charge is 2.23. The molecule has 9 heteroatoms. The van der Waals surface area contributed by atoms with E-state index in [1.165, 1.54) is 0 Å². The molecule has 2 aromatic heterocycles. The molecule has 162 valence electrons. The molecule has 0 bridgehead atoms. The van der Waals surface area contributed by atoms with Gasteiger partial charge in [-0.15, -0.1) is 0 Å². The van der Waals surface area contributed by atoms with Crippen molar-refractivity contribution in [2.45, 2.75) is 26.8 Å². The molecular formula is C22H28N8O. The van der Waals surface area contributed by atoms with Crippen molar-refractivity contribution in [3.05, 3.63) is 48.2 Å². The molecule has 0 atom stereocenters. The Balaban J connectivity index is 1.72. The van der Waals surface area contributed by atoms with Crippen molar-refractivity contribution in [3.8, 4) is 0 Å². The van der Waals surface area contributed by atoms with Crippen LogP contribution < -0.4 is 21.0 Å². The molecule has 1 aliphatic rings. The van der Waals surface area contributed by atoms with Gasteiger partial charge in [0.25, 0.3) is 0 Å². The maximum atomic E-state index is 12.1. The molecule has 1 fully saturated rings. The highest BCUT2D eigenvalue weighted by molar-refractivity contribution is 5.90. The molecule has 31 heavy (non-hydrogen) atoms. The summed E-state index contributed by atoms with van der Waals surface area (Å²) in [5, 5.41) is 14.1. The molecule has 9 nitrogen and oxygen atoms in total. The lowest BCUT2D eigenvalue weighted by Crippen LogP contribution is -2.51.